The molecule has 112 valence electrons. The number of hydrogen-bond donors (Lipinski definition) is 1. The maximum atomic E-state index is 11.3. The summed E-state index contributed by atoms with van der Waals surface area (Å²) in [6.45, 7) is 3.25. The van der Waals surface area contributed by atoms with Gasteiger partial charge in [0.25, 0.3) is 0 Å². The van der Waals surface area contributed by atoms with Crippen LogP contribution in [-0.2, 0) is 9.53 Å². The van der Waals surface area contributed by atoms with Crippen LogP contribution in [-0.4, -0.2) is 38.3 Å². The zero-order valence-corrected chi connectivity index (χ0v) is 12.5. The van der Waals surface area contributed by atoms with Gasteiger partial charge in [-0.15, -0.1) is 0 Å². The second-order valence-electron chi connectivity index (χ2n) is 5.90. The standard InChI is InChI=1S/C17H22N2O2/c1-21-16(20)8-7-14-5-2-3-6-15(14)19-12-10-17(13-19)9-4-11-18-17/h2-3,5-8,18H,4,9-13H2,1H3. The van der Waals surface area contributed by atoms with Gasteiger partial charge >= 0.3 is 5.97 Å². The van der Waals surface area contributed by atoms with Crippen molar-refractivity contribution in [3.8, 4) is 0 Å². The van der Waals surface area contributed by atoms with Gasteiger partial charge in [-0.1, -0.05) is 18.2 Å². The highest BCUT2D eigenvalue weighted by Gasteiger charge is 2.40. The van der Waals surface area contributed by atoms with Gasteiger partial charge in [0.2, 0.25) is 0 Å². The van der Waals surface area contributed by atoms with Gasteiger partial charge in [-0.25, -0.2) is 4.79 Å². The summed E-state index contributed by atoms with van der Waals surface area (Å²) in [6.07, 6.45) is 7.07. The van der Waals surface area contributed by atoms with Crippen molar-refractivity contribution in [3.05, 3.63) is 35.9 Å². The lowest BCUT2D eigenvalue weighted by Crippen LogP contribution is -2.42. The number of rotatable bonds is 3. The average Bonchev–Trinajstić information content (AvgIpc) is 3.15. The van der Waals surface area contributed by atoms with Crippen LogP contribution in [0.5, 0.6) is 0 Å². The molecule has 3 rings (SSSR count). The molecule has 2 fully saturated rings. The van der Waals surface area contributed by atoms with E-state index in [1.54, 1.807) is 0 Å². The van der Waals surface area contributed by atoms with Crippen molar-refractivity contribution >= 4 is 17.7 Å². The van der Waals surface area contributed by atoms with Gasteiger partial charge in [0.1, 0.15) is 0 Å². The molecular weight excluding hydrogens is 264 g/mol. The lowest BCUT2D eigenvalue weighted by Gasteiger charge is -2.26. The largest absolute Gasteiger partial charge is 0.466 e. The summed E-state index contributed by atoms with van der Waals surface area (Å²) in [5.41, 5.74) is 2.57. The first-order chi connectivity index (χ1) is 10.2. The van der Waals surface area contributed by atoms with Gasteiger partial charge in [0, 0.05) is 30.4 Å². The molecule has 2 aliphatic heterocycles. The van der Waals surface area contributed by atoms with Crippen LogP contribution in [0.25, 0.3) is 6.08 Å². The Labute approximate surface area is 125 Å². The Bertz CT molecular complexity index is 547. The smallest absolute Gasteiger partial charge is 0.330 e. The van der Waals surface area contributed by atoms with E-state index in [2.05, 4.69) is 27.1 Å². The van der Waals surface area contributed by atoms with Crippen molar-refractivity contribution < 1.29 is 9.53 Å². The average molecular weight is 286 g/mol. The van der Waals surface area contributed by atoms with Gasteiger partial charge in [-0.3, -0.25) is 0 Å². The monoisotopic (exact) mass is 286 g/mol. The number of carbonyl (C=O) groups is 1. The molecule has 1 atom stereocenters. The SMILES string of the molecule is COC(=O)C=Cc1ccccc1N1CCC2(CCCN2)C1. The molecule has 1 unspecified atom stereocenters. The van der Waals surface area contributed by atoms with Crippen molar-refractivity contribution in [3.63, 3.8) is 0 Å². The van der Waals surface area contributed by atoms with Crippen LogP contribution in [0.2, 0.25) is 0 Å². The molecule has 2 aliphatic rings. The second kappa shape index (κ2) is 5.90. The van der Waals surface area contributed by atoms with Crippen molar-refractivity contribution in [2.75, 3.05) is 31.6 Å². The zero-order chi connectivity index (χ0) is 14.7. The minimum atomic E-state index is -0.319. The summed E-state index contributed by atoms with van der Waals surface area (Å²) in [5, 5.41) is 3.68. The van der Waals surface area contributed by atoms with E-state index >= 15 is 0 Å². The first-order valence-electron chi connectivity index (χ1n) is 7.57. The molecule has 1 N–H and O–H groups in total. The second-order valence-corrected chi connectivity index (χ2v) is 5.90. The Kier molecular flexibility index (Phi) is 3.97. The van der Waals surface area contributed by atoms with Crippen LogP contribution in [0.1, 0.15) is 24.8 Å². The number of ether oxygens (including phenoxy) is 1. The maximum absolute atomic E-state index is 11.3. The topological polar surface area (TPSA) is 41.6 Å². The van der Waals surface area contributed by atoms with Crippen LogP contribution in [0.3, 0.4) is 0 Å². The Balaban J connectivity index is 1.79. The maximum Gasteiger partial charge on any atom is 0.330 e. The fraction of sp³-hybridized carbons (Fsp3) is 0.471. The minimum Gasteiger partial charge on any atom is -0.466 e. The summed E-state index contributed by atoms with van der Waals surface area (Å²) in [7, 11) is 1.40. The minimum absolute atomic E-state index is 0.305. The third-order valence-corrected chi connectivity index (χ3v) is 4.56. The molecule has 1 aromatic rings. The Morgan fingerprint density at radius 1 is 1.38 bits per heavy atom. The highest BCUT2D eigenvalue weighted by Crippen LogP contribution is 2.34. The molecule has 1 aromatic carbocycles. The van der Waals surface area contributed by atoms with Gasteiger partial charge in [0.05, 0.1) is 7.11 Å². The van der Waals surface area contributed by atoms with E-state index in [4.69, 9.17) is 0 Å². The zero-order valence-electron chi connectivity index (χ0n) is 12.5. The summed E-state index contributed by atoms with van der Waals surface area (Å²) >= 11 is 0. The number of anilines is 1. The van der Waals surface area contributed by atoms with E-state index in [0.29, 0.717) is 5.54 Å². The number of methoxy groups -OCH3 is 1. The molecule has 0 aromatic heterocycles. The van der Waals surface area contributed by atoms with Crippen LogP contribution in [0.15, 0.2) is 30.3 Å². The number of esters is 1. The van der Waals surface area contributed by atoms with Crippen LogP contribution in [0, 0.1) is 0 Å². The Morgan fingerprint density at radius 3 is 3.00 bits per heavy atom. The van der Waals surface area contributed by atoms with E-state index in [1.165, 1.54) is 38.1 Å². The quantitative estimate of drug-likeness (QED) is 0.683. The normalized spacial score (nSPS) is 25.1. The van der Waals surface area contributed by atoms with Gasteiger partial charge in [0.15, 0.2) is 0 Å². The summed E-state index contributed by atoms with van der Waals surface area (Å²) in [4.78, 5) is 13.7. The lowest BCUT2D eigenvalue weighted by molar-refractivity contribution is -0.134. The van der Waals surface area contributed by atoms with Crippen LogP contribution in [0.4, 0.5) is 5.69 Å². The molecule has 0 radical (unpaired) electrons. The van der Waals surface area contributed by atoms with Crippen molar-refractivity contribution in [2.45, 2.75) is 24.8 Å². The number of nitrogens with one attached hydrogen (secondary N) is 1. The predicted molar refractivity (Wildman–Crippen MR) is 84.3 cm³/mol. The van der Waals surface area contributed by atoms with E-state index in [1.807, 2.05) is 18.2 Å². The third-order valence-electron chi connectivity index (χ3n) is 4.56. The van der Waals surface area contributed by atoms with Crippen molar-refractivity contribution in [2.24, 2.45) is 0 Å². The van der Waals surface area contributed by atoms with E-state index in [9.17, 15) is 4.79 Å². The van der Waals surface area contributed by atoms with Gasteiger partial charge in [-0.2, -0.15) is 0 Å². The number of para-hydroxylation sites is 1. The number of benzene rings is 1. The van der Waals surface area contributed by atoms with Gasteiger partial charge in [-0.05, 0) is 43.5 Å². The molecule has 0 amide bonds. The highest BCUT2D eigenvalue weighted by molar-refractivity contribution is 5.88. The summed E-state index contributed by atoms with van der Waals surface area (Å²) < 4.78 is 4.66. The lowest BCUT2D eigenvalue weighted by atomic mass is 9.97. The molecule has 4 heteroatoms. The molecule has 2 heterocycles. The Hall–Kier alpha value is -1.81. The molecule has 1 spiro atoms. The molecule has 0 aliphatic carbocycles. The molecule has 0 bridgehead atoms. The van der Waals surface area contributed by atoms with Crippen LogP contribution >= 0.6 is 0 Å². The molecule has 2 saturated heterocycles. The molecular formula is C17H22N2O2. The summed E-state index contributed by atoms with van der Waals surface area (Å²) in [5.74, 6) is -0.319. The van der Waals surface area contributed by atoms with E-state index in [-0.39, 0.29) is 5.97 Å². The third kappa shape index (κ3) is 2.95. The first kappa shape index (κ1) is 14.1. The number of hydrogen-bond acceptors (Lipinski definition) is 4. The van der Waals surface area contributed by atoms with E-state index in [0.717, 1.165) is 25.2 Å². The first-order valence-corrected chi connectivity index (χ1v) is 7.57. The predicted octanol–water partition coefficient (Wildman–Crippen LogP) is 2.21. The Morgan fingerprint density at radius 2 is 2.24 bits per heavy atom. The fourth-order valence-electron chi connectivity index (χ4n) is 3.44. The van der Waals surface area contributed by atoms with Gasteiger partial charge < -0.3 is 15.0 Å². The van der Waals surface area contributed by atoms with Crippen LogP contribution < -0.4 is 10.2 Å². The fourth-order valence-corrected chi connectivity index (χ4v) is 3.44. The van der Waals surface area contributed by atoms with Crippen molar-refractivity contribution in [1.82, 2.24) is 5.32 Å². The number of carbonyl (C=O) groups excluding carboxylic acids is 1. The summed E-state index contributed by atoms with van der Waals surface area (Å²) in [6, 6.07) is 8.23. The highest BCUT2D eigenvalue weighted by atomic mass is 16.5. The molecule has 0 saturated carbocycles. The van der Waals surface area contributed by atoms with E-state index < -0.39 is 0 Å². The molecule has 4 nitrogen and oxygen atoms in total. The molecule has 21 heavy (non-hydrogen) atoms. The number of nitrogens with zero attached hydrogens (tertiary/aromatic N) is 1. The van der Waals surface area contributed by atoms with Crippen molar-refractivity contribution in [1.29, 1.82) is 0 Å².